The van der Waals surface area contributed by atoms with E-state index < -0.39 is 0 Å². The van der Waals surface area contributed by atoms with Crippen LogP contribution in [-0.2, 0) is 6.54 Å². The Balaban J connectivity index is 1.67. The number of hydrogen-bond acceptors (Lipinski definition) is 2. The van der Waals surface area contributed by atoms with Crippen LogP contribution in [0.15, 0.2) is 12.2 Å². The Labute approximate surface area is 109 Å². The van der Waals surface area contributed by atoms with E-state index in [1.807, 2.05) is 0 Å². The number of anilines is 1. The molecule has 1 fully saturated rings. The van der Waals surface area contributed by atoms with Crippen molar-refractivity contribution in [2.45, 2.75) is 40.2 Å². The Morgan fingerprint density at radius 1 is 1.33 bits per heavy atom. The molecule has 1 aromatic heterocycles. The molecular formula is C15H23N3. The van der Waals surface area contributed by atoms with E-state index in [4.69, 9.17) is 0 Å². The molecule has 3 atom stereocenters. The van der Waals surface area contributed by atoms with Crippen molar-refractivity contribution in [1.82, 2.24) is 9.78 Å². The van der Waals surface area contributed by atoms with Gasteiger partial charge in [-0.3, -0.25) is 4.68 Å². The fraction of sp³-hybridized carbons (Fsp3) is 0.667. The summed E-state index contributed by atoms with van der Waals surface area (Å²) < 4.78 is 2.08. The lowest BCUT2D eigenvalue weighted by atomic mass is 9.93. The zero-order chi connectivity index (χ0) is 12.7. The number of nitrogens with one attached hydrogen (secondary N) is 1. The molecule has 0 amide bonds. The summed E-state index contributed by atoms with van der Waals surface area (Å²) in [6.07, 6.45) is 7.59. The predicted molar refractivity (Wildman–Crippen MR) is 74.7 cm³/mol. The van der Waals surface area contributed by atoms with E-state index in [1.165, 1.54) is 24.2 Å². The first-order chi connectivity index (χ1) is 8.69. The molecule has 2 bridgehead atoms. The quantitative estimate of drug-likeness (QED) is 0.826. The molecule has 1 N–H and O–H groups in total. The molecular weight excluding hydrogens is 222 g/mol. The Hall–Kier alpha value is -1.25. The van der Waals surface area contributed by atoms with Gasteiger partial charge in [0.15, 0.2) is 0 Å². The third-order valence-corrected chi connectivity index (χ3v) is 4.64. The average molecular weight is 245 g/mol. The van der Waals surface area contributed by atoms with Gasteiger partial charge in [0.05, 0.1) is 17.1 Å². The third kappa shape index (κ3) is 1.86. The van der Waals surface area contributed by atoms with Gasteiger partial charge in [-0.05, 0) is 51.4 Å². The predicted octanol–water partition coefficient (Wildman–Crippen LogP) is 3.14. The molecule has 0 radical (unpaired) electrons. The van der Waals surface area contributed by atoms with Gasteiger partial charge in [0, 0.05) is 13.1 Å². The van der Waals surface area contributed by atoms with Crippen LogP contribution >= 0.6 is 0 Å². The minimum Gasteiger partial charge on any atom is -0.382 e. The Bertz CT molecular complexity index is 472. The van der Waals surface area contributed by atoms with E-state index in [0.717, 1.165) is 36.5 Å². The van der Waals surface area contributed by atoms with Gasteiger partial charge >= 0.3 is 0 Å². The molecule has 18 heavy (non-hydrogen) atoms. The third-order valence-electron chi connectivity index (χ3n) is 4.64. The topological polar surface area (TPSA) is 29.9 Å². The van der Waals surface area contributed by atoms with Crippen LogP contribution in [0, 0.1) is 31.6 Å². The highest BCUT2D eigenvalue weighted by molar-refractivity contribution is 5.52. The SMILES string of the molecule is CCn1nc(C)c(NC[C@@H]2C[C@H]3C=C[C@H]2C3)c1C. The van der Waals surface area contributed by atoms with Gasteiger partial charge in [-0.1, -0.05) is 12.2 Å². The van der Waals surface area contributed by atoms with Crippen LogP contribution in [0.1, 0.15) is 31.2 Å². The molecule has 3 heteroatoms. The van der Waals surface area contributed by atoms with Crippen molar-refractivity contribution in [2.24, 2.45) is 17.8 Å². The average Bonchev–Trinajstić information content (AvgIpc) is 3.03. The van der Waals surface area contributed by atoms with Crippen LogP contribution in [0.25, 0.3) is 0 Å². The van der Waals surface area contributed by atoms with Crippen LogP contribution < -0.4 is 5.32 Å². The minimum absolute atomic E-state index is 0.823. The number of aryl methyl sites for hydroxylation is 2. The molecule has 3 nitrogen and oxygen atoms in total. The normalized spacial score (nSPS) is 29.2. The van der Waals surface area contributed by atoms with Gasteiger partial charge in [0.2, 0.25) is 0 Å². The van der Waals surface area contributed by atoms with Gasteiger partial charge in [-0.15, -0.1) is 0 Å². The van der Waals surface area contributed by atoms with Crippen molar-refractivity contribution in [2.75, 3.05) is 11.9 Å². The molecule has 3 rings (SSSR count). The van der Waals surface area contributed by atoms with Gasteiger partial charge in [0.1, 0.15) is 0 Å². The first-order valence-electron chi connectivity index (χ1n) is 7.15. The van der Waals surface area contributed by atoms with E-state index in [-0.39, 0.29) is 0 Å². The molecule has 2 aliphatic rings. The zero-order valence-electron chi connectivity index (χ0n) is 11.6. The molecule has 1 aromatic rings. The summed E-state index contributed by atoms with van der Waals surface area (Å²) in [5, 5.41) is 8.21. The summed E-state index contributed by atoms with van der Waals surface area (Å²) in [5.41, 5.74) is 3.66. The van der Waals surface area contributed by atoms with E-state index in [2.05, 4.69) is 48.0 Å². The molecule has 2 aliphatic carbocycles. The molecule has 1 heterocycles. The monoisotopic (exact) mass is 245 g/mol. The van der Waals surface area contributed by atoms with Crippen LogP contribution in [0.5, 0.6) is 0 Å². The van der Waals surface area contributed by atoms with Crippen LogP contribution in [0.3, 0.4) is 0 Å². The molecule has 0 aromatic carbocycles. The fourth-order valence-corrected chi connectivity index (χ4v) is 3.62. The summed E-state index contributed by atoms with van der Waals surface area (Å²) in [4.78, 5) is 0. The second kappa shape index (κ2) is 4.45. The van der Waals surface area contributed by atoms with E-state index in [0.29, 0.717) is 0 Å². The van der Waals surface area contributed by atoms with Crippen LogP contribution in [0.2, 0.25) is 0 Å². The first kappa shape index (κ1) is 11.8. The van der Waals surface area contributed by atoms with Gasteiger partial charge in [-0.25, -0.2) is 0 Å². The number of aromatic nitrogens is 2. The Morgan fingerprint density at radius 2 is 2.17 bits per heavy atom. The number of allylic oxidation sites excluding steroid dienone is 2. The molecule has 98 valence electrons. The van der Waals surface area contributed by atoms with Crippen molar-refractivity contribution in [1.29, 1.82) is 0 Å². The van der Waals surface area contributed by atoms with Gasteiger partial charge in [0.25, 0.3) is 0 Å². The number of fused-ring (bicyclic) bond motifs is 2. The molecule has 0 saturated heterocycles. The second-order valence-corrected chi connectivity index (χ2v) is 5.78. The standard InChI is InChI=1S/C15H23N3/c1-4-18-11(3)15(10(2)17-18)16-9-14-8-12-5-6-13(14)7-12/h5-6,12-14,16H,4,7-9H2,1-3H3/t12-,13-,14-/m0/s1. The van der Waals surface area contributed by atoms with Gasteiger partial charge in [-0.2, -0.15) is 5.10 Å². The molecule has 0 aliphatic heterocycles. The summed E-state index contributed by atoms with van der Waals surface area (Å²) in [5.74, 6) is 2.51. The maximum absolute atomic E-state index is 4.56. The van der Waals surface area contributed by atoms with Crippen LogP contribution in [0.4, 0.5) is 5.69 Å². The van der Waals surface area contributed by atoms with Crippen molar-refractivity contribution >= 4 is 5.69 Å². The molecule has 0 unspecified atom stereocenters. The Morgan fingerprint density at radius 3 is 2.72 bits per heavy atom. The first-order valence-corrected chi connectivity index (χ1v) is 7.15. The lowest BCUT2D eigenvalue weighted by Gasteiger charge is -2.19. The van der Waals surface area contributed by atoms with Crippen molar-refractivity contribution in [3.05, 3.63) is 23.5 Å². The summed E-state index contributed by atoms with van der Waals surface area (Å²) in [7, 11) is 0. The second-order valence-electron chi connectivity index (χ2n) is 5.78. The van der Waals surface area contributed by atoms with E-state index in [1.54, 1.807) is 0 Å². The van der Waals surface area contributed by atoms with Crippen molar-refractivity contribution in [3.63, 3.8) is 0 Å². The van der Waals surface area contributed by atoms with Gasteiger partial charge < -0.3 is 5.32 Å². The lowest BCUT2D eigenvalue weighted by molar-refractivity contribution is 0.471. The summed E-state index contributed by atoms with van der Waals surface area (Å²) >= 11 is 0. The largest absolute Gasteiger partial charge is 0.382 e. The van der Waals surface area contributed by atoms with Crippen LogP contribution in [-0.4, -0.2) is 16.3 Å². The highest BCUT2D eigenvalue weighted by Gasteiger charge is 2.35. The zero-order valence-corrected chi connectivity index (χ0v) is 11.6. The lowest BCUT2D eigenvalue weighted by Crippen LogP contribution is -2.18. The summed E-state index contributed by atoms with van der Waals surface area (Å²) in [6, 6.07) is 0. The molecule has 0 spiro atoms. The highest BCUT2D eigenvalue weighted by atomic mass is 15.3. The number of rotatable bonds is 4. The van der Waals surface area contributed by atoms with E-state index in [9.17, 15) is 0 Å². The Kier molecular flexibility index (Phi) is 2.92. The van der Waals surface area contributed by atoms with Crippen molar-refractivity contribution in [3.8, 4) is 0 Å². The fourth-order valence-electron chi connectivity index (χ4n) is 3.62. The number of nitrogens with zero attached hydrogens (tertiary/aromatic N) is 2. The maximum Gasteiger partial charge on any atom is 0.0827 e. The molecule has 1 saturated carbocycles. The smallest absolute Gasteiger partial charge is 0.0827 e. The van der Waals surface area contributed by atoms with E-state index >= 15 is 0 Å². The summed E-state index contributed by atoms with van der Waals surface area (Å²) in [6.45, 7) is 8.45. The number of hydrogen-bond donors (Lipinski definition) is 1. The van der Waals surface area contributed by atoms with Crippen molar-refractivity contribution < 1.29 is 0 Å². The minimum atomic E-state index is 0.823. The maximum atomic E-state index is 4.56. The highest BCUT2D eigenvalue weighted by Crippen LogP contribution is 2.43.